The largest absolute Gasteiger partial charge is 3.00 e. The van der Waals surface area contributed by atoms with Crippen molar-refractivity contribution in [3.05, 3.63) is 0 Å². The fourth-order valence-corrected chi connectivity index (χ4v) is 15.3. The van der Waals surface area contributed by atoms with Gasteiger partial charge in [0.25, 0.3) is 15.6 Å². The Morgan fingerprint density at radius 3 is 0.721 bits per heavy atom. The number of unbranched alkanes of at least 4 members (excludes halogenated alkanes) is 48. The number of phosphoric acid groups is 2. The molecule has 0 fully saturated rings. The van der Waals surface area contributed by atoms with Crippen LogP contribution < -0.4 is 48.0 Å². The molecule has 2 amide bonds. The monoisotopic (exact) mass is 1930 g/mol. The molecule has 0 aliphatic carbocycles. The molecule has 10 N–H and O–H groups in total. The van der Waals surface area contributed by atoms with Gasteiger partial charge in [-0.3, -0.25) is 52.6 Å². The van der Waals surface area contributed by atoms with Gasteiger partial charge in [-0.1, -0.05) is 336 Å². The van der Waals surface area contributed by atoms with E-state index >= 15 is 0 Å². The number of nitrogens with one attached hydrogen (secondary N) is 2. The molecule has 31 nitrogen and oxygen atoms in total. The van der Waals surface area contributed by atoms with Crippen LogP contribution in [0, 0.1) is 39.9 Å². The van der Waals surface area contributed by atoms with Crippen LogP contribution in [0.5, 0.6) is 0 Å². The third-order valence-corrected chi connectivity index (χ3v) is 22.8. The van der Waals surface area contributed by atoms with Crippen LogP contribution in [0.1, 0.15) is 387 Å². The summed E-state index contributed by atoms with van der Waals surface area (Å²) < 4.78 is 68.0. The van der Waals surface area contributed by atoms with Gasteiger partial charge in [0.15, 0.2) is 12.2 Å². The molecule has 0 spiro atoms. The van der Waals surface area contributed by atoms with Gasteiger partial charge < -0.3 is 99.5 Å². The first kappa shape index (κ1) is 125. The molecule has 0 aromatic heterocycles. The fraction of sp³-hybridized carbons (Fsp3) is 0.898. The van der Waals surface area contributed by atoms with Crippen LogP contribution in [0.4, 0.5) is 0 Å². The van der Waals surface area contributed by atoms with E-state index in [1.54, 1.807) is 0 Å². The molecule has 0 aliphatic rings. The maximum atomic E-state index is 13.1. The second-order valence-corrected chi connectivity index (χ2v) is 35.0. The van der Waals surface area contributed by atoms with E-state index in [2.05, 4.69) is 38.3 Å². The number of hydrogen-bond donors (Lipinski definition) is 4. The summed E-state index contributed by atoms with van der Waals surface area (Å²) >= 11 is 0. The zero-order valence-corrected chi connectivity index (χ0v) is 80.7. The first-order valence-electron chi connectivity index (χ1n) is 46.6. The second kappa shape index (κ2) is 89.6. The standard InChI is InChI=1S/C88H167N5O24P2.Gd.2H3N/c1-5-9-13-17-21-25-29-33-37-41-45-49-53-57-85(102)110-74-78(116-87(104)59-55-51-47-43-39-35-31-27-23-19-15-11-7-3)76-114-118(106,107)112-67-61-89-80(94)69-92(72-83(98)99)65-63-91(71-82(96)97)64-66-93(73-84(100)101)70-81(95)90-62-68-113-119(108,109)115-77-79(117-88(105)60-56-52-48-44-40-36-32-28-24-20-16-12-8-4)75-111-86(103)58-54-50-46-42-38-34-30-26-22-18-14-10-6-2;;;/h78-79H,5-77H2,1-4H3,(H,89,94)(H,90,95)(H,96,97)(H,98,99)(H,100,101)(H,106,107)(H,108,109);;2*1H3/q;+3;;/p-3/t78-,79-;;;/m1.../s1. The number of esters is 4. The summed E-state index contributed by atoms with van der Waals surface area (Å²) in [5.41, 5.74) is 0. The molecule has 0 aromatic rings. The molecule has 1 radical (unpaired) electrons. The quantitative estimate of drug-likeness (QED) is 0.0190. The Morgan fingerprint density at radius 1 is 0.287 bits per heavy atom. The third kappa shape index (κ3) is 88.6. The minimum Gasteiger partial charge on any atom is -0.756 e. The number of amides is 2. The Bertz CT molecular complexity index is 2490. The van der Waals surface area contributed by atoms with E-state index < -0.39 is 167 Å². The van der Waals surface area contributed by atoms with Crippen LogP contribution in [0.2, 0.25) is 0 Å². The van der Waals surface area contributed by atoms with Crippen molar-refractivity contribution >= 4 is 69.2 Å². The summed E-state index contributed by atoms with van der Waals surface area (Å²) in [5, 5.41) is 40.3. The van der Waals surface area contributed by atoms with Gasteiger partial charge in [0.2, 0.25) is 11.8 Å². The van der Waals surface area contributed by atoms with Crippen molar-refractivity contribution in [3.8, 4) is 0 Å². The molecule has 0 bridgehead atoms. The van der Waals surface area contributed by atoms with Crippen LogP contribution in [-0.2, 0) is 89.3 Å². The van der Waals surface area contributed by atoms with E-state index in [9.17, 15) is 77.4 Å². The number of carboxylic acids is 3. The summed E-state index contributed by atoms with van der Waals surface area (Å²) in [7, 11) is -10.3. The fourth-order valence-electron chi connectivity index (χ4n) is 13.8. The molecule has 719 valence electrons. The molecule has 34 heteroatoms. The molecular formula is C88H170GdN7O24P2. The number of phosphoric ester groups is 2. The van der Waals surface area contributed by atoms with Gasteiger partial charge in [-0.15, -0.1) is 0 Å². The minimum atomic E-state index is -5.14. The van der Waals surface area contributed by atoms with Crippen LogP contribution in [0.15, 0.2) is 0 Å². The van der Waals surface area contributed by atoms with Crippen molar-refractivity contribution < 1.29 is 154 Å². The molecular weight excluding hydrogens is 1760 g/mol. The van der Waals surface area contributed by atoms with Crippen molar-refractivity contribution in [1.82, 2.24) is 37.6 Å². The second-order valence-electron chi connectivity index (χ2n) is 32.2. The molecule has 0 rings (SSSR count). The van der Waals surface area contributed by atoms with Gasteiger partial charge in [-0.05, 0) is 25.7 Å². The zero-order valence-electron chi connectivity index (χ0n) is 76.7. The first-order valence-corrected chi connectivity index (χ1v) is 49.5. The van der Waals surface area contributed by atoms with Gasteiger partial charge in [-0.25, -0.2) is 0 Å². The third-order valence-electron chi connectivity index (χ3n) is 20.8. The maximum Gasteiger partial charge on any atom is 3.00 e. The smallest absolute Gasteiger partial charge is 0.756 e. The predicted molar refractivity (Wildman–Crippen MR) is 464 cm³/mol. The van der Waals surface area contributed by atoms with Crippen molar-refractivity contribution in [2.24, 2.45) is 0 Å². The average molecular weight is 1930 g/mol. The van der Waals surface area contributed by atoms with Gasteiger partial charge in [-0.2, -0.15) is 0 Å². The molecule has 0 saturated carbocycles. The number of nitrogens with zero attached hydrogens (tertiary/aromatic N) is 3. The molecule has 122 heavy (non-hydrogen) atoms. The molecule has 0 saturated heterocycles. The Labute approximate surface area is 767 Å². The number of quaternary nitrogens is 2. The number of carbonyl (C=O) groups excluding carboxylic acids is 9. The molecule has 0 aromatic carbocycles. The number of carbonyl (C=O) groups is 9. The Balaban J connectivity index is -0.0000232. The van der Waals surface area contributed by atoms with Crippen molar-refractivity contribution in [1.29, 1.82) is 0 Å². The van der Waals surface area contributed by atoms with Gasteiger partial charge >= 0.3 is 63.8 Å². The Hall–Kier alpha value is -3.43. The normalized spacial score (nSPS) is 12.8. The molecule has 0 heterocycles. The van der Waals surface area contributed by atoms with Crippen LogP contribution >= 0.6 is 15.6 Å². The zero-order chi connectivity index (χ0) is 87.8. The summed E-state index contributed by atoms with van der Waals surface area (Å²) in [6, 6.07) is 0. The Kier molecular flexibility index (Phi) is 91.7. The van der Waals surface area contributed by atoms with E-state index in [0.29, 0.717) is 25.7 Å². The van der Waals surface area contributed by atoms with E-state index in [0.717, 1.165) is 113 Å². The number of rotatable bonds is 92. The first-order chi connectivity index (χ1) is 57.4. The van der Waals surface area contributed by atoms with E-state index in [1.165, 1.54) is 210 Å². The van der Waals surface area contributed by atoms with Gasteiger partial charge in [0, 0.05) is 84.6 Å². The van der Waals surface area contributed by atoms with E-state index in [-0.39, 0.29) is 104 Å². The maximum absolute atomic E-state index is 13.1. The summed E-state index contributed by atoms with van der Waals surface area (Å²) in [6.07, 6.45) is 56.3. The SMILES string of the molecule is CCCCCCCCCCCCCCCC(=O)OC[C@H](COP(=O)([O-])OCCNC(=O)CN(CCN(CCN(CC(=O)[O-])CC(=O)NCCOP(=O)([O-])OC[C@@H](COC(=O)CCCCCCCCCCCCCCC)OC(=O)CCCCCCCCCCCCCCC)CC(=O)[O-])CC(=O)[O-])OC(=O)CCCCCCCCCCCCCCC.[Gd+3].[NH4+].[NH4+]. The predicted octanol–water partition coefficient (Wildman–Crippen LogP) is 14.0. The average Bonchev–Trinajstić information content (AvgIpc) is 0.912. The number of ether oxygens (including phenoxy) is 4. The topological polar surface area (TPSA) is 484 Å². The molecule has 4 atom stereocenters. The van der Waals surface area contributed by atoms with Gasteiger partial charge in [0.05, 0.1) is 57.4 Å². The summed E-state index contributed by atoms with van der Waals surface area (Å²) in [4.78, 5) is 143. The van der Waals surface area contributed by atoms with E-state index in [1.807, 2.05) is 0 Å². The number of carboxylic acid groups (broad SMARTS) is 3. The number of hydrogen-bond acceptors (Lipinski definition) is 27. The Morgan fingerprint density at radius 2 is 0.492 bits per heavy atom. The summed E-state index contributed by atoms with van der Waals surface area (Å²) in [5.74, 6) is -8.72. The van der Waals surface area contributed by atoms with Crippen molar-refractivity contribution in [3.63, 3.8) is 0 Å². The van der Waals surface area contributed by atoms with Crippen LogP contribution in [0.25, 0.3) is 0 Å². The molecule has 0 aliphatic heterocycles. The summed E-state index contributed by atoms with van der Waals surface area (Å²) in [6.45, 7) is -0.470. The number of aliphatic carboxylic acids is 3. The minimum absolute atomic E-state index is 0. The van der Waals surface area contributed by atoms with Gasteiger partial charge in [0.1, 0.15) is 13.2 Å². The van der Waals surface area contributed by atoms with Crippen molar-refractivity contribution in [2.75, 3.05) is 112 Å². The van der Waals surface area contributed by atoms with E-state index in [4.69, 9.17) is 37.0 Å². The van der Waals surface area contributed by atoms with Crippen LogP contribution in [-0.4, -0.2) is 192 Å². The molecule has 2 unspecified atom stereocenters. The van der Waals surface area contributed by atoms with Crippen molar-refractivity contribution in [2.45, 2.75) is 399 Å². The van der Waals surface area contributed by atoms with Crippen LogP contribution in [0.3, 0.4) is 0 Å².